The first-order valence-corrected chi connectivity index (χ1v) is 17.6. The van der Waals surface area contributed by atoms with Gasteiger partial charge >= 0.3 is 5.97 Å². The minimum absolute atomic E-state index is 0.0920. The summed E-state index contributed by atoms with van der Waals surface area (Å²) in [6, 6.07) is 0. The summed E-state index contributed by atoms with van der Waals surface area (Å²) >= 11 is 0. The third-order valence-corrected chi connectivity index (χ3v) is 12.5. The van der Waals surface area contributed by atoms with Crippen molar-refractivity contribution >= 4 is 5.97 Å². The Morgan fingerprint density at radius 3 is 2.38 bits per heavy atom. The van der Waals surface area contributed by atoms with E-state index >= 15 is 0 Å². The summed E-state index contributed by atoms with van der Waals surface area (Å²) in [5, 5.41) is 30.5. The van der Waals surface area contributed by atoms with Gasteiger partial charge in [-0.1, -0.05) is 34.6 Å². The van der Waals surface area contributed by atoms with E-state index in [0.29, 0.717) is 0 Å². The van der Waals surface area contributed by atoms with Crippen LogP contribution in [0.15, 0.2) is 0 Å². The molecule has 0 aromatic heterocycles. The molecular weight excluding hydrogens is 580 g/mol. The molecule has 5 heterocycles. The Kier molecular flexibility index (Phi) is 10.4. The van der Waals surface area contributed by atoms with Crippen molar-refractivity contribution in [2.45, 2.75) is 172 Å². The number of hydrogen-bond acceptors (Lipinski definition) is 9. The highest BCUT2D eigenvalue weighted by Gasteiger charge is 2.61. The van der Waals surface area contributed by atoms with Crippen molar-refractivity contribution in [3.63, 3.8) is 0 Å². The minimum Gasteiger partial charge on any atom is -0.481 e. The van der Waals surface area contributed by atoms with Crippen LogP contribution < -0.4 is 0 Å². The number of aliphatic carboxylic acids is 1. The van der Waals surface area contributed by atoms with Gasteiger partial charge in [-0.15, -0.1) is 0 Å². The molecule has 15 unspecified atom stereocenters. The Bertz CT molecular complexity index is 1040. The first-order chi connectivity index (χ1) is 21.2. The van der Waals surface area contributed by atoms with Gasteiger partial charge in [0.25, 0.3) is 0 Å². The van der Waals surface area contributed by atoms with Gasteiger partial charge in [-0.05, 0) is 77.0 Å². The number of aliphatic hydroxyl groups excluding tert-OH is 1. The van der Waals surface area contributed by atoms with E-state index in [2.05, 4.69) is 27.7 Å². The van der Waals surface area contributed by atoms with Crippen LogP contribution in [0.2, 0.25) is 0 Å². The number of carboxylic acids is 1. The van der Waals surface area contributed by atoms with E-state index in [1.54, 1.807) is 14.0 Å². The van der Waals surface area contributed by atoms with Gasteiger partial charge in [-0.3, -0.25) is 4.79 Å². The van der Waals surface area contributed by atoms with Crippen LogP contribution in [0, 0.1) is 29.6 Å². The van der Waals surface area contributed by atoms with Crippen molar-refractivity contribution in [1.29, 1.82) is 0 Å². The average molecular weight is 641 g/mol. The van der Waals surface area contributed by atoms with Gasteiger partial charge in [0.05, 0.1) is 60.4 Å². The number of hydrogen-bond donors (Lipinski definition) is 3. The molecule has 0 aromatic rings. The van der Waals surface area contributed by atoms with Gasteiger partial charge in [-0.2, -0.15) is 0 Å². The van der Waals surface area contributed by atoms with Gasteiger partial charge in [0, 0.05) is 31.8 Å². The van der Waals surface area contributed by atoms with E-state index in [9.17, 15) is 20.1 Å². The summed E-state index contributed by atoms with van der Waals surface area (Å²) < 4.78 is 39.5. The molecule has 10 heteroatoms. The number of rotatable bonds is 10. The Hall–Kier alpha value is -0.850. The number of aliphatic hydroxyl groups is 2. The molecule has 0 amide bonds. The van der Waals surface area contributed by atoms with Crippen molar-refractivity contribution in [2.24, 2.45) is 29.6 Å². The van der Waals surface area contributed by atoms with Gasteiger partial charge in [0.2, 0.25) is 0 Å². The molecule has 0 radical (unpaired) electrons. The number of carboxylic acid groups (broad SMARTS) is 1. The second-order valence-corrected chi connectivity index (χ2v) is 15.6. The van der Waals surface area contributed by atoms with Crippen molar-refractivity contribution in [3.8, 4) is 0 Å². The molecule has 10 nitrogen and oxygen atoms in total. The zero-order chi connectivity index (χ0) is 32.9. The molecule has 5 aliphatic heterocycles. The van der Waals surface area contributed by atoms with Gasteiger partial charge in [0.1, 0.15) is 0 Å². The summed E-state index contributed by atoms with van der Waals surface area (Å²) in [5.74, 6) is -3.53. The van der Waals surface area contributed by atoms with E-state index < -0.39 is 47.4 Å². The quantitative estimate of drug-likeness (QED) is 0.298. The molecule has 5 rings (SSSR count). The van der Waals surface area contributed by atoms with Gasteiger partial charge in [-0.25, -0.2) is 0 Å². The van der Waals surface area contributed by atoms with Crippen LogP contribution in [0.1, 0.15) is 113 Å². The third kappa shape index (κ3) is 6.48. The van der Waals surface area contributed by atoms with Crippen LogP contribution >= 0.6 is 0 Å². The largest absolute Gasteiger partial charge is 0.481 e. The second kappa shape index (κ2) is 13.2. The summed E-state index contributed by atoms with van der Waals surface area (Å²) in [5.41, 5.74) is -0.949. The predicted octanol–water partition coefficient (Wildman–Crippen LogP) is 5.06. The molecule has 5 fully saturated rings. The second-order valence-electron chi connectivity index (χ2n) is 15.6. The first-order valence-electron chi connectivity index (χ1n) is 17.6. The topological polar surface area (TPSA) is 133 Å². The molecule has 15 atom stereocenters. The SMILES string of the molecule is CCC1(C2OC(C3OC(O)(CO)C(C)CC3C)CC2C)CCC(C2(C)CCC3(CCCC(C(C)C(OC)C(C)C(=O)O)O3)O2)O1. The summed E-state index contributed by atoms with van der Waals surface area (Å²) in [6.45, 7) is 13.9. The molecule has 1 spiro atoms. The first kappa shape index (κ1) is 35.5. The predicted molar refractivity (Wildman–Crippen MR) is 166 cm³/mol. The van der Waals surface area contributed by atoms with Crippen LogP contribution in [-0.2, 0) is 33.2 Å². The summed E-state index contributed by atoms with van der Waals surface area (Å²) in [6.07, 6.45) is 7.12. The van der Waals surface area contributed by atoms with Crippen molar-refractivity contribution in [3.05, 3.63) is 0 Å². The lowest BCUT2D eigenvalue weighted by molar-refractivity contribution is -0.323. The van der Waals surface area contributed by atoms with Crippen molar-refractivity contribution in [1.82, 2.24) is 0 Å². The van der Waals surface area contributed by atoms with Crippen LogP contribution in [-0.4, -0.2) is 94.4 Å². The fourth-order valence-electron chi connectivity index (χ4n) is 9.59. The molecule has 0 bridgehead atoms. The molecule has 0 saturated carbocycles. The highest BCUT2D eigenvalue weighted by atomic mass is 16.7. The van der Waals surface area contributed by atoms with E-state index in [-0.39, 0.29) is 54.2 Å². The van der Waals surface area contributed by atoms with Gasteiger partial charge < -0.3 is 43.7 Å². The maximum absolute atomic E-state index is 11.7. The zero-order valence-corrected chi connectivity index (χ0v) is 28.8. The Morgan fingerprint density at radius 2 is 1.73 bits per heavy atom. The van der Waals surface area contributed by atoms with Gasteiger partial charge in [0.15, 0.2) is 11.6 Å². The van der Waals surface area contributed by atoms with E-state index in [1.165, 1.54) is 0 Å². The Labute approximate surface area is 269 Å². The highest BCUT2D eigenvalue weighted by molar-refractivity contribution is 5.70. The smallest absolute Gasteiger partial charge is 0.308 e. The molecule has 260 valence electrons. The summed E-state index contributed by atoms with van der Waals surface area (Å²) in [4.78, 5) is 11.7. The standard InChI is InChI=1S/C35H60O10/c1-9-33(30-21(3)18-26(41-30)28-20(2)17-22(4)35(39,19-36)44-28)14-12-27(43-33)32(7)15-16-34(45-32)13-10-11-25(42-34)23(5)29(40-8)24(6)31(37)38/h20-30,36,39H,9-19H2,1-8H3,(H,37,38). The zero-order valence-electron chi connectivity index (χ0n) is 28.8. The maximum Gasteiger partial charge on any atom is 0.308 e. The van der Waals surface area contributed by atoms with E-state index in [4.69, 9.17) is 28.4 Å². The molecule has 3 N–H and O–H groups in total. The molecule has 5 saturated heterocycles. The lowest BCUT2D eigenvalue weighted by Crippen LogP contribution is -2.55. The Morgan fingerprint density at radius 1 is 1.00 bits per heavy atom. The number of carbonyl (C=O) groups is 1. The van der Waals surface area contributed by atoms with Crippen LogP contribution in [0.5, 0.6) is 0 Å². The Balaban J connectivity index is 1.25. The van der Waals surface area contributed by atoms with Crippen LogP contribution in [0.3, 0.4) is 0 Å². The third-order valence-electron chi connectivity index (χ3n) is 12.5. The fourth-order valence-corrected chi connectivity index (χ4v) is 9.59. The van der Waals surface area contributed by atoms with Crippen LogP contribution in [0.25, 0.3) is 0 Å². The monoisotopic (exact) mass is 640 g/mol. The molecule has 0 aliphatic carbocycles. The molecule has 5 aliphatic rings. The minimum atomic E-state index is -1.54. The van der Waals surface area contributed by atoms with E-state index in [0.717, 1.165) is 64.2 Å². The fraction of sp³-hybridized carbons (Fsp3) is 0.971. The van der Waals surface area contributed by atoms with Crippen LogP contribution in [0.4, 0.5) is 0 Å². The summed E-state index contributed by atoms with van der Waals surface area (Å²) in [7, 11) is 1.58. The lowest BCUT2D eigenvalue weighted by atomic mass is 9.80. The number of methoxy groups -OCH3 is 1. The number of ether oxygens (including phenoxy) is 6. The maximum atomic E-state index is 11.7. The van der Waals surface area contributed by atoms with Crippen molar-refractivity contribution < 1.29 is 48.5 Å². The molecule has 45 heavy (non-hydrogen) atoms. The molecular formula is C35H60O10. The van der Waals surface area contributed by atoms with E-state index in [1.807, 2.05) is 13.8 Å². The normalized spacial score (nSPS) is 49.3. The highest BCUT2D eigenvalue weighted by Crippen LogP contribution is 2.54. The average Bonchev–Trinajstić information content (AvgIpc) is 3.72. The lowest BCUT2D eigenvalue weighted by Gasteiger charge is -2.46. The van der Waals surface area contributed by atoms with Crippen molar-refractivity contribution in [2.75, 3.05) is 13.7 Å². The molecule has 0 aromatic carbocycles.